The summed E-state index contributed by atoms with van der Waals surface area (Å²) in [5.74, 6) is -1.48. The standard InChI is InChI=1S/C16H13ClF4N4O2/c17-13-11(7-22-23-15(13)27)24-5-6-25(12(26)8-24)14(16(19,20)21)9-1-3-10(18)4-2-9/h1-4,7,14H,5-6,8H2,(H,23,27)/t14-/m1/s1. The number of nitrogens with one attached hydrogen (secondary N) is 1. The fraction of sp³-hybridized carbons (Fsp3) is 0.312. The normalized spacial score (nSPS) is 16.6. The van der Waals surface area contributed by atoms with E-state index in [2.05, 4.69) is 10.2 Å². The van der Waals surface area contributed by atoms with E-state index in [1.165, 1.54) is 11.1 Å². The number of nitrogens with zero attached hydrogens (tertiary/aromatic N) is 3. The predicted octanol–water partition coefficient (Wildman–Crippen LogP) is 2.51. The Kier molecular flexibility index (Phi) is 5.09. The number of H-pyrrole nitrogens is 1. The van der Waals surface area contributed by atoms with Crippen molar-refractivity contribution in [3.63, 3.8) is 0 Å². The van der Waals surface area contributed by atoms with Gasteiger partial charge in [-0.1, -0.05) is 23.7 Å². The van der Waals surface area contributed by atoms with Crippen molar-refractivity contribution in [3.05, 3.63) is 57.2 Å². The Morgan fingerprint density at radius 2 is 1.81 bits per heavy atom. The zero-order valence-electron chi connectivity index (χ0n) is 13.6. The topological polar surface area (TPSA) is 69.3 Å². The van der Waals surface area contributed by atoms with Crippen LogP contribution in [0.15, 0.2) is 35.3 Å². The second kappa shape index (κ2) is 7.18. The lowest BCUT2D eigenvalue weighted by Gasteiger charge is -2.40. The molecular weight excluding hydrogens is 392 g/mol. The zero-order chi connectivity index (χ0) is 19.8. The zero-order valence-corrected chi connectivity index (χ0v) is 14.4. The molecule has 1 amide bonds. The molecule has 3 rings (SSSR count). The van der Waals surface area contributed by atoms with Crippen molar-refractivity contribution in [2.45, 2.75) is 12.2 Å². The Labute approximate surface area is 155 Å². The number of aromatic nitrogens is 2. The summed E-state index contributed by atoms with van der Waals surface area (Å²) < 4.78 is 53.9. The van der Waals surface area contributed by atoms with Gasteiger partial charge in [-0.3, -0.25) is 9.59 Å². The molecule has 0 saturated carbocycles. The molecular formula is C16H13ClF4N4O2. The van der Waals surface area contributed by atoms with Crippen LogP contribution >= 0.6 is 11.6 Å². The van der Waals surface area contributed by atoms with E-state index in [4.69, 9.17) is 11.6 Å². The number of anilines is 1. The second-order valence-corrected chi connectivity index (χ2v) is 6.28. The van der Waals surface area contributed by atoms with Crippen LogP contribution in [0.25, 0.3) is 0 Å². The number of amides is 1. The number of carbonyl (C=O) groups is 1. The Balaban J connectivity index is 1.87. The first-order valence-corrected chi connectivity index (χ1v) is 8.16. The van der Waals surface area contributed by atoms with Crippen LogP contribution in [0.5, 0.6) is 0 Å². The maximum Gasteiger partial charge on any atom is 0.413 e. The lowest BCUT2D eigenvalue weighted by molar-refractivity contribution is -0.192. The molecule has 0 unspecified atom stereocenters. The summed E-state index contributed by atoms with van der Waals surface area (Å²) >= 11 is 5.89. The molecule has 1 N–H and O–H groups in total. The van der Waals surface area contributed by atoms with E-state index < -0.39 is 36.0 Å². The molecule has 1 aliphatic heterocycles. The summed E-state index contributed by atoms with van der Waals surface area (Å²) in [6, 6.07) is 1.64. The summed E-state index contributed by atoms with van der Waals surface area (Å²) in [7, 11) is 0. The van der Waals surface area contributed by atoms with Crippen molar-refractivity contribution in [1.29, 1.82) is 0 Å². The minimum absolute atomic E-state index is 0.0182. The molecule has 0 radical (unpaired) electrons. The third-order valence-corrected chi connectivity index (χ3v) is 4.55. The summed E-state index contributed by atoms with van der Waals surface area (Å²) in [5.41, 5.74) is -0.733. The van der Waals surface area contributed by atoms with Crippen molar-refractivity contribution in [3.8, 4) is 0 Å². The van der Waals surface area contributed by atoms with Gasteiger partial charge in [-0.05, 0) is 17.7 Å². The van der Waals surface area contributed by atoms with E-state index in [1.54, 1.807) is 0 Å². The number of rotatable bonds is 3. The molecule has 0 aliphatic carbocycles. The van der Waals surface area contributed by atoms with Gasteiger partial charge in [-0.15, -0.1) is 0 Å². The first-order chi connectivity index (χ1) is 12.7. The molecule has 1 atom stereocenters. The Bertz CT molecular complexity index is 901. The molecule has 0 bridgehead atoms. The largest absolute Gasteiger partial charge is 0.413 e. The van der Waals surface area contributed by atoms with E-state index in [1.807, 2.05) is 0 Å². The summed E-state index contributed by atoms with van der Waals surface area (Å²) in [6.45, 7) is -0.646. The fourth-order valence-electron chi connectivity index (χ4n) is 2.95. The smallest absolute Gasteiger partial charge is 0.358 e. The molecule has 1 aromatic carbocycles. The quantitative estimate of drug-likeness (QED) is 0.798. The minimum Gasteiger partial charge on any atom is -0.358 e. The lowest BCUT2D eigenvalue weighted by atomic mass is 10.0. The highest BCUT2D eigenvalue weighted by atomic mass is 35.5. The Hall–Kier alpha value is -2.62. The van der Waals surface area contributed by atoms with Crippen LogP contribution in [0.2, 0.25) is 5.02 Å². The van der Waals surface area contributed by atoms with Crippen molar-refractivity contribution in [1.82, 2.24) is 15.1 Å². The molecule has 0 spiro atoms. The van der Waals surface area contributed by atoms with Crippen LogP contribution in [0.4, 0.5) is 23.2 Å². The van der Waals surface area contributed by atoms with Gasteiger partial charge in [0, 0.05) is 13.1 Å². The van der Waals surface area contributed by atoms with E-state index in [-0.39, 0.29) is 29.4 Å². The summed E-state index contributed by atoms with van der Waals surface area (Å²) in [4.78, 5) is 26.1. The molecule has 11 heteroatoms. The van der Waals surface area contributed by atoms with Gasteiger partial charge in [-0.2, -0.15) is 18.3 Å². The average molecular weight is 405 g/mol. The van der Waals surface area contributed by atoms with E-state index in [0.29, 0.717) is 4.90 Å². The maximum absolute atomic E-state index is 13.6. The van der Waals surface area contributed by atoms with Crippen LogP contribution in [0.3, 0.4) is 0 Å². The highest BCUT2D eigenvalue weighted by molar-refractivity contribution is 6.33. The van der Waals surface area contributed by atoms with Crippen LogP contribution in [-0.4, -0.2) is 46.8 Å². The van der Waals surface area contributed by atoms with Gasteiger partial charge < -0.3 is 9.80 Å². The number of aromatic amines is 1. The van der Waals surface area contributed by atoms with Gasteiger partial charge in [0.1, 0.15) is 10.8 Å². The van der Waals surface area contributed by atoms with Crippen LogP contribution in [-0.2, 0) is 4.79 Å². The van der Waals surface area contributed by atoms with Gasteiger partial charge in [0.25, 0.3) is 5.56 Å². The number of alkyl halides is 3. The van der Waals surface area contributed by atoms with Crippen LogP contribution in [0, 0.1) is 5.82 Å². The van der Waals surface area contributed by atoms with E-state index in [0.717, 1.165) is 24.3 Å². The van der Waals surface area contributed by atoms with Crippen molar-refractivity contribution in [2.24, 2.45) is 0 Å². The van der Waals surface area contributed by atoms with E-state index >= 15 is 0 Å². The van der Waals surface area contributed by atoms with Crippen LogP contribution < -0.4 is 10.5 Å². The molecule has 1 fully saturated rings. The van der Waals surface area contributed by atoms with Gasteiger partial charge in [-0.25, -0.2) is 9.49 Å². The Morgan fingerprint density at radius 1 is 1.15 bits per heavy atom. The van der Waals surface area contributed by atoms with Gasteiger partial charge in [0.15, 0.2) is 6.04 Å². The second-order valence-electron chi connectivity index (χ2n) is 5.90. The highest BCUT2D eigenvalue weighted by Gasteiger charge is 2.47. The number of halogens is 5. The third-order valence-electron chi connectivity index (χ3n) is 4.18. The number of hydrogen-bond donors (Lipinski definition) is 1. The van der Waals surface area contributed by atoms with Crippen molar-refractivity contribution in [2.75, 3.05) is 24.5 Å². The number of carbonyl (C=O) groups excluding carboxylic acids is 1. The SMILES string of the molecule is O=C1CN(c2cn[nH]c(=O)c2Cl)CCN1[C@H](c1ccc(F)cc1)C(F)(F)F. The molecule has 6 nitrogen and oxygen atoms in total. The maximum atomic E-state index is 13.6. The first-order valence-electron chi connectivity index (χ1n) is 7.78. The van der Waals surface area contributed by atoms with Gasteiger partial charge in [0.05, 0.1) is 18.4 Å². The van der Waals surface area contributed by atoms with Crippen LogP contribution in [0.1, 0.15) is 11.6 Å². The molecule has 1 aliphatic rings. The Morgan fingerprint density at radius 3 is 2.41 bits per heavy atom. The van der Waals surface area contributed by atoms with Crippen molar-refractivity contribution >= 4 is 23.2 Å². The monoisotopic (exact) mass is 404 g/mol. The number of hydrogen-bond acceptors (Lipinski definition) is 4. The molecule has 2 heterocycles. The number of piperazine rings is 1. The third kappa shape index (κ3) is 3.90. The summed E-state index contributed by atoms with van der Waals surface area (Å²) in [5, 5.41) is 5.52. The minimum atomic E-state index is -4.74. The van der Waals surface area contributed by atoms with Gasteiger partial charge >= 0.3 is 6.18 Å². The van der Waals surface area contributed by atoms with Gasteiger partial charge in [0.2, 0.25) is 5.91 Å². The molecule has 2 aromatic rings. The summed E-state index contributed by atoms with van der Waals surface area (Å²) in [6.07, 6.45) is -3.51. The molecule has 144 valence electrons. The number of benzene rings is 1. The molecule has 1 aromatic heterocycles. The lowest BCUT2D eigenvalue weighted by Crippen LogP contribution is -2.54. The average Bonchev–Trinajstić information content (AvgIpc) is 2.59. The van der Waals surface area contributed by atoms with E-state index in [9.17, 15) is 27.2 Å². The highest BCUT2D eigenvalue weighted by Crippen LogP contribution is 2.39. The first kappa shape index (κ1) is 19.2. The molecule has 1 saturated heterocycles. The fourth-order valence-corrected chi connectivity index (χ4v) is 3.16. The molecule has 27 heavy (non-hydrogen) atoms. The predicted molar refractivity (Wildman–Crippen MR) is 89.0 cm³/mol. The van der Waals surface area contributed by atoms with Crippen molar-refractivity contribution < 1.29 is 22.4 Å².